The van der Waals surface area contributed by atoms with Gasteiger partial charge < -0.3 is 20.1 Å². The minimum absolute atomic E-state index is 0.285. The molecule has 0 aliphatic heterocycles. The third kappa shape index (κ3) is 3.81. The van der Waals surface area contributed by atoms with Crippen LogP contribution in [0.15, 0.2) is 47.1 Å². The number of hydrogen-bond donors (Lipinski definition) is 3. The average Bonchev–Trinajstić information content (AvgIpc) is 3.10. The summed E-state index contributed by atoms with van der Waals surface area (Å²) in [7, 11) is 0. The second kappa shape index (κ2) is 7.24. The number of carbonyl (C=O) groups excluding carboxylic acids is 1. The molecule has 0 fully saturated rings. The number of amides is 1. The summed E-state index contributed by atoms with van der Waals surface area (Å²) in [5, 5.41) is 25.2. The Balaban J connectivity index is 1.82. The van der Waals surface area contributed by atoms with Gasteiger partial charge in [-0.3, -0.25) is 9.59 Å². The van der Waals surface area contributed by atoms with E-state index in [1.165, 1.54) is 12.3 Å². The van der Waals surface area contributed by atoms with Crippen LogP contribution in [0.3, 0.4) is 0 Å². The quantitative estimate of drug-likeness (QED) is 0.627. The van der Waals surface area contributed by atoms with Gasteiger partial charge in [-0.25, -0.2) is 4.98 Å². The minimum atomic E-state index is -1.20. The summed E-state index contributed by atoms with van der Waals surface area (Å²) in [6, 6.07) is 9.97. The number of hydrogen-bond acceptors (Lipinski definition) is 6. The number of aromatic hydroxyl groups is 1. The predicted octanol–water partition coefficient (Wildman–Crippen LogP) is 2.58. The van der Waals surface area contributed by atoms with Crippen molar-refractivity contribution in [3.63, 3.8) is 0 Å². The van der Waals surface area contributed by atoms with Crippen LogP contribution < -0.4 is 5.32 Å². The van der Waals surface area contributed by atoms with E-state index in [1.807, 2.05) is 0 Å². The van der Waals surface area contributed by atoms with Gasteiger partial charge in [0.05, 0.1) is 0 Å². The fourth-order valence-corrected chi connectivity index (χ4v) is 2.30. The molecule has 3 rings (SSSR count). The highest BCUT2D eigenvalue weighted by Crippen LogP contribution is 2.29. The number of benzene rings is 1. The molecule has 0 spiro atoms. The second-order valence-electron chi connectivity index (χ2n) is 5.25. The van der Waals surface area contributed by atoms with Gasteiger partial charge in [-0.05, 0) is 18.2 Å². The molecule has 2 heterocycles. The molecular formula is C17H12ClN3O5. The molecule has 26 heavy (non-hydrogen) atoms. The summed E-state index contributed by atoms with van der Waals surface area (Å²) >= 11 is 5.85. The number of carboxylic acids is 1. The largest absolute Gasteiger partial charge is 0.505 e. The fraction of sp³-hybridized carbons (Fsp3) is 0.0588. The molecule has 132 valence electrons. The highest BCUT2D eigenvalue weighted by atomic mass is 35.5. The van der Waals surface area contributed by atoms with Crippen molar-refractivity contribution in [2.24, 2.45) is 0 Å². The molecule has 1 amide bonds. The van der Waals surface area contributed by atoms with E-state index < -0.39 is 24.2 Å². The first-order valence-corrected chi connectivity index (χ1v) is 7.74. The number of nitrogens with zero attached hydrogens (tertiary/aromatic N) is 2. The Morgan fingerprint density at radius 3 is 2.54 bits per heavy atom. The van der Waals surface area contributed by atoms with Crippen LogP contribution in [-0.2, 0) is 4.79 Å². The van der Waals surface area contributed by atoms with Crippen LogP contribution >= 0.6 is 11.6 Å². The number of rotatable bonds is 5. The van der Waals surface area contributed by atoms with E-state index in [0.29, 0.717) is 22.0 Å². The zero-order valence-electron chi connectivity index (χ0n) is 13.1. The van der Waals surface area contributed by atoms with Crippen molar-refractivity contribution >= 4 is 23.5 Å². The van der Waals surface area contributed by atoms with Crippen molar-refractivity contribution in [1.82, 2.24) is 15.5 Å². The van der Waals surface area contributed by atoms with Crippen LogP contribution in [-0.4, -0.2) is 38.8 Å². The lowest BCUT2D eigenvalue weighted by atomic mass is 10.1. The van der Waals surface area contributed by atoms with E-state index in [4.69, 9.17) is 21.2 Å². The van der Waals surface area contributed by atoms with Gasteiger partial charge in [-0.1, -0.05) is 28.9 Å². The summed E-state index contributed by atoms with van der Waals surface area (Å²) < 4.78 is 5.26. The Kier molecular flexibility index (Phi) is 4.85. The molecule has 9 heteroatoms. The Morgan fingerprint density at radius 2 is 1.88 bits per heavy atom. The molecule has 2 aromatic heterocycles. The topological polar surface area (TPSA) is 126 Å². The molecule has 3 N–H and O–H groups in total. The number of carbonyl (C=O) groups is 2. The molecule has 8 nitrogen and oxygen atoms in total. The smallest absolute Gasteiger partial charge is 0.322 e. The number of aromatic nitrogens is 2. The van der Waals surface area contributed by atoms with Gasteiger partial charge in [0.15, 0.2) is 11.5 Å². The van der Waals surface area contributed by atoms with E-state index in [2.05, 4.69) is 15.5 Å². The maximum Gasteiger partial charge on any atom is 0.322 e. The van der Waals surface area contributed by atoms with Crippen molar-refractivity contribution in [3.8, 4) is 28.3 Å². The van der Waals surface area contributed by atoms with Crippen LogP contribution in [0.1, 0.15) is 10.5 Å². The second-order valence-corrected chi connectivity index (χ2v) is 5.69. The van der Waals surface area contributed by atoms with Crippen molar-refractivity contribution in [2.45, 2.75) is 0 Å². The Bertz CT molecular complexity index is 969. The molecule has 0 aliphatic carbocycles. The molecule has 0 saturated heterocycles. The van der Waals surface area contributed by atoms with E-state index in [9.17, 15) is 14.7 Å². The van der Waals surface area contributed by atoms with Crippen LogP contribution in [0.5, 0.6) is 5.75 Å². The molecule has 0 radical (unpaired) electrons. The van der Waals surface area contributed by atoms with Gasteiger partial charge in [0.25, 0.3) is 5.91 Å². The first kappa shape index (κ1) is 17.4. The monoisotopic (exact) mass is 373 g/mol. The van der Waals surface area contributed by atoms with Gasteiger partial charge in [-0.2, -0.15) is 0 Å². The number of halogens is 1. The number of nitrogens with one attached hydrogen (secondary N) is 1. The van der Waals surface area contributed by atoms with E-state index >= 15 is 0 Å². The molecule has 0 saturated carbocycles. The lowest BCUT2D eigenvalue weighted by Gasteiger charge is -2.05. The average molecular weight is 374 g/mol. The molecule has 0 aliphatic rings. The number of pyridine rings is 1. The summed E-state index contributed by atoms with van der Waals surface area (Å²) in [5.41, 5.74) is 1.49. The SMILES string of the molecule is O=C(O)CNC(=O)c1ncc(-c2cc(-c3ccc(Cl)cc3)no2)cc1O. The Hall–Kier alpha value is -3.39. The summed E-state index contributed by atoms with van der Waals surface area (Å²) in [6.07, 6.45) is 1.32. The Morgan fingerprint density at radius 1 is 1.15 bits per heavy atom. The number of aliphatic carboxylic acids is 1. The van der Waals surface area contributed by atoms with E-state index in [-0.39, 0.29) is 5.69 Å². The molecular weight excluding hydrogens is 362 g/mol. The standard InChI is InChI=1S/C17H12ClN3O5/c18-11-3-1-9(2-4-11)12-6-14(26-21-12)10-5-13(22)16(19-7-10)17(25)20-8-15(23)24/h1-7,22H,8H2,(H,20,25)(H,23,24). The van der Waals surface area contributed by atoms with Crippen LogP contribution in [0.2, 0.25) is 5.02 Å². The minimum Gasteiger partial charge on any atom is -0.505 e. The Labute approximate surface area is 152 Å². The molecule has 0 bridgehead atoms. The zero-order chi connectivity index (χ0) is 18.7. The summed E-state index contributed by atoms with van der Waals surface area (Å²) in [5.74, 6) is -2.06. The molecule has 3 aromatic rings. The van der Waals surface area contributed by atoms with Crippen molar-refractivity contribution in [2.75, 3.05) is 6.54 Å². The zero-order valence-corrected chi connectivity index (χ0v) is 13.9. The van der Waals surface area contributed by atoms with Gasteiger partial charge in [0.1, 0.15) is 18.0 Å². The van der Waals surface area contributed by atoms with Crippen molar-refractivity contribution in [3.05, 3.63) is 53.3 Å². The third-order valence-corrected chi connectivity index (χ3v) is 3.67. The van der Waals surface area contributed by atoms with Gasteiger partial charge in [0.2, 0.25) is 0 Å². The molecule has 1 aromatic carbocycles. The van der Waals surface area contributed by atoms with Crippen LogP contribution in [0.4, 0.5) is 0 Å². The van der Waals surface area contributed by atoms with Gasteiger partial charge >= 0.3 is 5.97 Å². The highest BCUT2D eigenvalue weighted by Gasteiger charge is 2.17. The van der Waals surface area contributed by atoms with E-state index in [0.717, 1.165) is 5.56 Å². The lowest BCUT2D eigenvalue weighted by molar-refractivity contribution is -0.135. The molecule has 0 atom stereocenters. The van der Waals surface area contributed by atoms with Crippen molar-refractivity contribution < 1.29 is 24.3 Å². The fourth-order valence-electron chi connectivity index (χ4n) is 2.17. The van der Waals surface area contributed by atoms with Crippen LogP contribution in [0.25, 0.3) is 22.6 Å². The maximum absolute atomic E-state index is 11.8. The molecule has 0 unspecified atom stereocenters. The normalized spacial score (nSPS) is 10.5. The van der Waals surface area contributed by atoms with Crippen molar-refractivity contribution in [1.29, 1.82) is 0 Å². The van der Waals surface area contributed by atoms with E-state index in [1.54, 1.807) is 30.3 Å². The maximum atomic E-state index is 11.8. The highest BCUT2D eigenvalue weighted by molar-refractivity contribution is 6.30. The summed E-state index contributed by atoms with van der Waals surface area (Å²) in [6.45, 7) is -0.575. The third-order valence-electron chi connectivity index (χ3n) is 3.42. The number of carboxylic acid groups (broad SMARTS) is 1. The first-order valence-electron chi connectivity index (χ1n) is 7.36. The summed E-state index contributed by atoms with van der Waals surface area (Å²) in [4.78, 5) is 26.1. The van der Waals surface area contributed by atoms with Crippen LogP contribution in [0, 0.1) is 0 Å². The lowest BCUT2D eigenvalue weighted by Crippen LogP contribution is -2.29. The first-order chi connectivity index (χ1) is 12.4. The van der Waals surface area contributed by atoms with Gasteiger partial charge in [0, 0.05) is 28.4 Å². The predicted molar refractivity (Wildman–Crippen MR) is 91.8 cm³/mol. The van der Waals surface area contributed by atoms with Gasteiger partial charge in [-0.15, -0.1) is 0 Å².